The fourth-order valence-electron chi connectivity index (χ4n) is 4.78. The molecule has 4 heterocycles. The van der Waals surface area contributed by atoms with Crippen LogP contribution in [0.2, 0.25) is 0 Å². The first kappa shape index (κ1) is 28.3. The topological polar surface area (TPSA) is 111 Å². The van der Waals surface area contributed by atoms with Gasteiger partial charge in [-0.05, 0) is 44.7 Å². The van der Waals surface area contributed by atoms with E-state index in [2.05, 4.69) is 4.98 Å². The largest absolute Gasteiger partial charge is 0.457 e. The Balaban J connectivity index is 1.50. The van der Waals surface area contributed by atoms with Crippen LogP contribution >= 0.6 is 23.1 Å². The molecule has 1 fully saturated rings. The number of morpholine rings is 1. The summed E-state index contributed by atoms with van der Waals surface area (Å²) in [5, 5.41) is 10.4. The molecule has 3 atom stereocenters. The number of halogens is 1. The number of aromatic nitrogens is 4. The van der Waals surface area contributed by atoms with Crippen LogP contribution in [0, 0.1) is 5.82 Å². The number of amides is 1. The molecule has 0 radical (unpaired) electrons. The maximum absolute atomic E-state index is 13.7. The van der Waals surface area contributed by atoms with Gasteiger partial charge in [-0.15, -0.1) is 23.1 Å². The number of carbonyl (C=O) groups is 1. The minimum atomic E-state index is -1.26. The molecule has 212 valence electrons. The third kappa shape index (κ3) is 5.92. The van der Waals surface area contributed by atoms with Crippen LogP contribution in [0.25, 0.3) is 16.5 Å². The monoisotopic (exact) mass is 587 g/mol. The zero-order valence-electron chi connectivity index (χ0n) is 22.5. The summed E-state index contributed by atoms with van der Waals surface area (Å²) in [7, 11) is 0. The summed E-state index contributed by atoms with van der Waals surface area (Å²) >= 11 is 2.79. The molecule has 1 saturated heterocycles. The summed E-state index contributed by atoms with van der Waals surface area (Å²) in [5.74, 6) is -0.295. The summed E-state index contributed by atoms with van der Waals surface area (Å²) in [5.41, 5.74) is 0.597. The molecule has 1 aromatic carbocycles. The first-order chi connectivity index (χ1) is 19.1. The number of nitrogens with zero attached hydrogens (tertiary/aromatic N) is 5. The van der Waals surface area contributed by atoms with Crippen LogP contribution in [0.15, 0.2) is 46.5 Å². The molecule has 0 aliphatic carbocycles. The molecular weight excluding hydrogens is 557 g/mol. The Morgan fingerprint density at radius 1 is 1.30 bits per heavy atom. The normalized spacial score (nSPS) is 18.3. The highest BCUT2D eigenvalue weighted by Gasteiger charge is 2.27. The van der Waals surface area contributed by atoms with Crippen molar-refractivity contribution in [1.82, 2.24) is 23.8 Å². The number of ether oxygens (including phenoxy) is 2. The Labute approximate surface area is 238 Å². The third-order valence-corrected chi connectivity index (χ3v) is 8.27. The van der Waals surface area contributed by atoms with Gasteiger partial charge in [0.05, 0.1) is 12.2 Å². The number of hydrogen-bond acceptors (Lipinski definition) is 9. The molecule has 13 heteroatoms. The van der Waals surface area contributed by atoms with Gasteiger partial charge in [0, 0.05) is 47.9 Å². The van der Waals surface area contributed by atoms with Crippen molar-refractivity contribution < 1.29 is 23.8 Å². The minimum Gasteiger partial charge on any atom is -0.457 e. The van der Waals surface area contributed by atoms with E-state index in [1.165, 1.54) is 52.8 Å². The van der Waals surface area contributed by atoms with Crippen molar-refractivity contribution >= 4 is 34.8 Å². The van der Waals surface area contributed by atoms with Gasteiger partial charge in [-0.3, -0.25) is 9.59 Å². The average Bonchev–Trinajstić information content (AvgIpc) is 3.53. The molecule has 1 aliphatic heterocycles. The van der Waals surface area contributed by atoms with E-state index in [1.807, 2.05) is 20.1 Å². The summed E-state index contributed by atoms with van der Waals surface area (Å²) in [6, 6.07) is 4.68. The van der Waals surface area contributed by atoms with Crippen LogP contribution < -0.4 is 10.3 Å². The van der Waals surface area contributed by atoms with Crippen LogP contribution in [0.5, 0.6) is 5.75 Å². The standard InChI is InChI=1S/C27H30FN5O5S2/c1-15-12-32(13-16(2)37-15)22(35)14-31-7-8-33-26(36)24(38-17(3)34)23(30-27(31)33)25-29-11-20(40-25)9-18-5-6-19(28)10-21(18)39-4/h5-8,10-11,15-17,34H,9,12-14H2,1-4H3. The van der Waals surface area contributed by atoms with E-state index in [1.54, 1.807) is 27.9 Å². The summed E-state index contributed by atoms with van der Waals surface area (Å²) in [4.78, 5) is 39.3. The van der Waals surface area contributed by atoms with Crippen LogP contribution in [0.1, 0.15) is 31.2 Å². The maximum atomic E-state index is 13.7. The fourth-order valence-corrected chi connectivity index (χ4v) is 6.33. The Morgan fingerprint density at radius 3 is 2.75 bits per heavy atom. The van der Waals surface area contributed by atoms with Gasteiger partial charge in [-0.25, -0.2) is 18.8 Å². The second-order valence-electron chi connectivity index (χ2n) is 9.73. The molecule has 1 N–H and O–H groups in total. The number of imidazole rings is 1. The fraction of sp³-hybridized carbons (Fsp3) is 0.407. The highest BCUT2D eigenvalue weighted by Crippen LogP contribution is 2.32. The quantitative estimate of drug-likeness (QED) is 0.247. The lowest BCUT2D eigenvalue weighted by Gasteiger charge is -2.35. The molecule has 1 amide bonds. The lowest BCUT2D eigenvalue weighted by Crippen LogP contribution is -2.49. The van der Waals surface area contributed by atoms with Gasteiger partial charge in [0.25, 0.3) is 0 Å². The van der Waals surface area contributed by atoms with Crippen LogP contribution in [-0.2, 0) is 22.5 Å². The van der Waals surface area contributed by atoms with E-state index in [9.17, 15) is 19.1 Å². The Hall–Kier alpha value is -3.26. The summed E-state index contributed by atoms with van der Waals surface area (Å²) in [6.45, 7) is 6.22. The third-order valence-electron chi connectivity index (χ3n) is 6.44. The van der Waals surface area contributed by atoms with Gasteiger partial charge in [0.1, 0.15) is 17.4 Å². The molecule has 3 aromatic heterocycles. The first-order valence-corrected chi connectivity index (χ1v) is 14.8. The summed E-state index contributed by atoms with van der Waals surface area (Å²) < 4.78 is 27.9. The lowest BCUT2D eigenvalue weighted by molar-refractivity contribution is -0.143. The lowest BCUT2D eigenvalue weighted by atomic mass is 10.1. The number of aliphatic hydroxyl groups excluding tert-OH is 1. The Bertz CT molecular complexity index is 1590. The number of benzene rings is 1. The van der Waals surface area contributed by atoms with E-state index in [0.29, 0.717) is 24.5 Å². The van der Waals surface area contributed by atoms with E-state index in [0.717, 1.165) is 15.3 Å². The van der Waals surface area contributed by atoms with Gasteiger partial charge < -0.3 is 24.0 Å². The van der Waals surface area contributed by atoms with Crippen molar-refractivity contribution in [3.05, 3.63) is 63.4 Å². The maximum Gasteiger partial charge on any atom is 0.302 e. The molecule has 4 aromatic rings. The number of thiazole rings is 1. The predicted octanol–water partition coefficient (Wildman–Crippen LogP) is 3.42. The number of rotatable bonds is 8. The molecule has 1 aliphatic rings. The van der Waals surface area contributed by atoms with Gasteiger partial charge in [-0.1, -0.05) is 6.07 Å². The van der Waals surface area contributed by atoms with Crippen LogP contribution in [0.4, 0.5) is 4.39 Å². The zero-order chi connectivity index (χ0) is 28.6. The number of carbonyl (C=O) groups excluding carboxylic acids is 1. The molecular formula is C27H30FN5O5S2. The number of aliphatic hydroxyl groups is 1. The highest BCUT2D eigenvalue weighted by atomic mass is 32.2. The zero-order valence-corrected chi connectivity index (χ0v) is 24.2. The van der Waals surface area contributed by atoms with Crippen molar-refractivity contribution in [2.75, 3.05) is 19.3 Å². The molecule has 5 rings (SSSR count). The SMILES string of the molecule is CSc1cc(F)ccc1Cc1cnc(-c2nc3n(CC(=O)N4CC(C)OC(C)C4)ccn3c(=O)c2OC(C)O)s1. The molecule has 10 nitrogen and oxygen atoms in total. The molecule has 3 unspecified atom stereocenters. The van der Waals surface area contributed by atoms with Gasteiger partial charge in [-0.2, -0.15) is 0 Å². The molecule has 0 bridgehead atoms. The number of hydrogen-bond donors (Lipinski definition) is 1. The summed E-state index contributed by atoms with van der Waals surface area (Å²) in [6.07, 6.45) is 5.84. The van der Waals surface area contributed by atoms with Crippen molar-refractivity contribution in [2.45, 2.75) is 57.1 Å². The first-order valence-electron chi connectivity index (χ1n) is 12.8. The Morgan fingerprint density at radius 2 is 2.05 bits per heavy atom. The van der Waals surface area contributed by atoms with E-state index < -0.39 is 11.8 Å². The molecule has 0 saturated carbocycles. The van der Waals surface area contributed by atoms with E-state index in [-0.39, 0.29) is 47.7 Å². The van der Waals surface area contributed by atoms with Gasteiger partial charge in [0.2, 0.25) is 17.4 Å². The van der Waals surface area contributed by atoms with Crippen molar-refractivity contribution in [3.63, 3.8) is 0 Å². The Kier molecular flexibility index (Phi) is 8.26. The van der Waals surface area contributed by atoms with Crippen LogP contribution in [-0.4, -0.2) is 72.7 Å². The predicted molar refractivity (Wildman–Crippen MR) is 150 cm³/mol. The minimum absolute atomic E-state index is 0.0103. The van der Waals surface area contributed by atoms with Gasteiger partial charge in [0.15, 0.2) is 12.0 Å². The van der Waals surface area contributed by atoms with Crippen molar-refractivity contribution in [1.29, 1.82) is 0 Å². The van der Waals surface area contributed by atoms with Crippen molar-refractivity contribution in [3.8, 4) is 16.5 Å². The van der Waals surface area contributed by atoms with Crippen LogP contribution in [0.3, 0.4) is 0 Å². The van der Waals surface area contributed by atoms with Gasteiger partial charge >= 0.3 is 5.56 Å². The number of thioether (sulfide) groups is 1. The smallest absolute Gasteiger partial charge is 0.302 e. The van der Waals surface area contributed by atoms with Crippen molar-refractivity contribution in [2.24, 2.45) is 0 Å². The second kappa shape index (κ2) is 11.7. The van der Waals surface area contributed by atoms with E-state index >= 15 is 0 Å². The average molecular weight is 588 g/mol. The van der Waals surface area contributed by atoms with E-state index in [4.69, 9.17) is 14.5 Å². The number of fused-ring (bicyclic) bond motifs is 1. The molecule has 0 spiro atoms. The second-order valence-corrected chi connectivity index (χ2v) is 11.7. The molecule has 40 heavy (non-hydrogen) atoms. The highest BCUT2D eigenvalue weighted by molar-refractivity contribution is 7.98.